The van der Waals surface area contributed by atoms with Crippen LogP contribution in [0.5, 0.6) is 63.2 Å². The quantitative estimate of drug-likeness (QED) is 0.0515. The fraction of sp³-hybridized carbons (Fsp3) is 0.214. The smallest absolute Gasteiger partial charge is 0.346 e. The van der Waals surface area contributed by atoms with Crippen LogP contribution in [0.1, 0.15) is 58.5 Å². The predicted molar refractivity (Wildman–Crippen MR) is 213 cm³/mol. The first-order chi connectivity index (χ1) is 32.3. The van der Waals surface area contributed by atoms with Gasteiger partial charge in [0.25, 0.3) is 0 Å². The zero-order valence-electron chi connectivity index (χ0n) is 34.3. The van der Waals surface area contributed by atoms with E-state index in [0.717, 1.165) is 6.92 Å². The Hall–Kier alpha value is -9.37. The summed E-state index contributed by atoms with van der Waals surface area (Å²) in [5.41, 5.74) is -8.21. The topological polar surface area (TPSA) is 458 Å². The van der Waals surface area contributed by atoms with Crippen LogP contribution in [0.4, 0.5) is 0 Å². The number of benzene rings is 4. The SMILES string of the molecule is Cc1c(O)c(O)cc2c1C(/C(=C/C(=O)O)C(=O)OC1C3COC(=O)c4cc(O)c(O)c(O)c4-c4c(cc(O)c(O)c4O)C(=O)OC1C(O)C(OC(=O)c1cc(O)c(O)c(O)c1)O3)C(C(=O)O)OC2=O. The Morgan fingerprint density at radius 1 is 0.638 bits per heavy atom. The number of cyclic esters (lactones) is 2. The lowest BCUT2D eigenvalue weighted by atomic mass is 9.78. The number of ether oxygens (including phenoxy) is 6. The third kappa shape index (κ3) is 8.18. The number of rotatable bonds is 7. The van der Waals surface area contributed by atoms with Gasteiger partial charge >= 0.3 is 41.8 Å². The van der Waals surface area contributed by atoms with Crippen LogP contribution in [0.15, 0.2) is 42.0 Å². The standard InChI is InChI=1S/C42H32O27/c1-9-22-11(4-17(45)26(9)50)39(61)67-34(36(57)58)25(22)14(7-21(48)49)41(63)66-33-20-8-64-38(60)12-5-18(46)28(52)30(54)23(12)24-13(6-19(47)29(53)31(24)55)40(62)68-35(33)32(56)42(65-20)69-37(59)10-2-15(43)27(51)16(44)3-10/h2-7,20,25,32-35,42-47,50-56H,8H2,1H3,(H,48,49)(H,57,58)/b14-7-. The van der Waals surface area contributed by atoms with Crippen molar-refractivity contribution < 1.29 is 133 Å². The number of carbonyl (C=O) groups excluding carboxylic acids is 5. The van der Waals surface area contributed by atoms with Crippen LogP contribution in [0.25, 0.3) is 11.1 Å². The molecular weight excluding hydrogens is 936 g/mol. The molecule has 3 heterocycles. The van der Waals surface area contributed by atoms with Crippen molar-refractivity contribution in [2.45, 2.75) is 49.7 Å². The van der Waals surface area contributed by atoms with Gasteiger partial charge in [-0.05, 0) is 48.4 Å². The Balaban J connectivity index is 1.41. The van der Waals surface area contributed by atoms with Gasteiger partial charge in [-0.25, -0.2) is 33.6 Å². The second-order valence-electron chi connectivity index (χ2n) is 15.1. The van der Waals surface area contributed by atoms with Gasteiger partial charge in [0.2, 0.25) is 23.9 Å². The Morgan fingerprint density at radius 3 is 1.70 bits per heavy atom. The third-order valence-electron chi connectivity index (χ3n) is 10.9. The van der Waals surface area contributed by atoms with Crippen molar-refractivity contribution in [1.29, 1.82) is 0 Å². The van der Waals surface area contributed by atoms with E-state index in [4.69, 9.17) is 28.4 Å². The molecule has 3 aliphatic heterocycles. The van der Waals surface area contributed by atoms with E-state index < -0.39 is 204 Å². The van der Waals surface area contributed by atoms with E-state index >= 15 is 0 Å². The fourth-order valence-electron chi connectivity index (χ4n) is 7.72. The van der Waals surface area contributed by atoms with E-state index in [2.05, 4.69) is 0 Å². The number of fused-ring (bicyclic) bond motifs is 6. The van der Waals surface area contributed by atoms with Gasteiger partial charge < -0.3 is 99.9 Å². The van der Waals surface area contributed by atoms with E-state index in [9.17, 15) is 105 Å². The number of aromatic hydroxyl groups is 11. The summed E-state index contributed by atoms with van der Waals surface area (Å²) in [5.74, 6) is -28.3. The molecule has 1 saturated heterocycles. The van der Waals surface area contributed by atoms with Crippen molar-refractivity contribution in [3.05, 3.63) is 75.4 Å². The van der Waals surface area contributed by atoms with E-state index in [0.29, 0.717) is 30.3 Å². The number of carbonyl (C=O) groups is 7. The molecule has 0 amide bonds. The molecule has 4 aromatic rings. The molecule has 0 radical (unpaired) electrons. The molecule has 1 fully saturated rings. The lowest BCUT2D eigenvalue weighted by molar-refractivity contribution is -0.287. The van der Waals surface area contributed by atoms with Crippen molar-refractivity contribution in [3.63, 3.8) is 0 Å². The molecule has 7 rings (SSSR count). The van der Waals surface area contributed by atoms with Gasteiger partial charge in [-0.1, -0.05) is 0 Å². The minimum atomic E-state index is -2.67. The number of phenolic OH excluding ortho intramolecular Hbond substituents is 11. The van der Waals surface area contributed by atoms with Crippen LogP contribution in [0.3, 0.4) is 0 Å². The molecule has 27 nitrogen and oxygen atoms in total. The van der Waals surface area contributed by atoms with Crippen LogP contribution in [0.2, 0.25) is 0 Å². The Kier molecular flexibility index (Phi) is 12.0. The maximum Gasteiger partial charge on any atom is 0.346 e. The molecule has 2 bridgehead atoms. The predicted octanol–water partition coefficient (Wildman–Crippen LogP) is 0.392. The first-order valence-electron chi connectivity index (χ1n) is 19.2. The van der Waals surface area contributed by atoms with E-state index in [1.807, 2.05) is 0 Å². The molecule has 3 aliphatic rings. The van der Waals surface area contributed by atoms with Crippen LogP contribution >= 0.6 is 0 Å². The second kappa shape index (κ2) is 17.5. The summed E-state index contributed by atoms with van der Waals surface area (Å²) in [4.78, 5) is 94.2. The maximum absolute atomic E-state index is 14.5. The highest BCUT2D eigenvalue weighted by atomic mass is 16.7. The number of carboxylic acids is 2. The molecular formula is C42H32O27. The van der Waals surface area contributed by atoms with Crippen LogP contribution in [-0.4, -0.2) is 157 Å². The molecule has 27 heteroatoms. The molecule has 14 N–H and O–H groups in total. The number of aliphatic hydroxyl groups is 1. The van der Waals surface area contributed by atoms with Gasteiger partial charge in [-0.15, -0.1) is 0 Å². The molecule has 7 unspecified atom stereocenters. The number of carboxylic acid groups (broad SMARTS) is 2. The minimum Gasteiger partial charge on any atom is -0.504 e. The monoisotopic (exact) mass is 968 g/mol. The Morgan fingerprint density at radius 2 is 1.14 bits per heavy atom. The molecule has 69 heavy (non-hydrogen) atoms. The first-order valence-corrected chi connectivity index (χ1v) is 19.2. The van der Waals surface area contributed by atoms with Crippen molar-refractivity contribution in [2.75, 3.05) is 6.61 Å². The highest BCUT2D eigenvalue weighted by Crippen LogP contribution is 2.53. The average Bonchev–Trinajstić information content (AvgIpc) is 3.28. The van der Waals surface area contributed by atoms with Crippen molar-refractivity contribution >= 4 is 41.8 Å². The minimum absolute atomic E-state index is 0.0658. The number of phenols is 11. The number of aliphatic carboxylic acids is 2. The Labute approximate surface area is 380 Å². The van der Waals surface area contributed by atoms with Gasteiger partial charge in [0.15, 0.2) is 70.1 Å². The normalized spacial score (nSPS) is 22.1. The van der Waals surface area contributed by atoms with Crippen molar-refractivity contribution in [3.8, 4) is 74.4 Å². The zero-order chi connectivity index (χ0) is 50.8. The summed E-state index contributed by atoms with van der Waals surface area (Å²) in [7, 11) is 0. The fourth-order valence-corrected chi connectivity index (χ4v) is 7.72. The lowest BCUT2D eigenvalue weighted by Crippen LogP contribution is -2.62. The molecule has 362 valence electrons. The van der Waals surface area contributed by atoms with E-state index in [1.165, 1.54) is 0 Å². The zero-order valence-corrected chi connectivity index (χ0v) is 34.3. The summed E-state index contributed by atoms with van der Waals surface area (Å²) in [6.45, 7) is -0.314. The van der Waals surface area contributed by atoms with Crippen LogP contribution in [0, 0.1) is 6.92 Å². The highest BCUT2D eigenvalue weighted by molar-refractivity contribution is 6.08. The third-order valence-corrected chi connectivity index (χ3v) is 10.9. The molecule has 7 atom stereocenters. The molecule has 4 aromatic carbocycles. The summed E-state index contributed by atoms with van der Waals surface area (Å²) >= 11 is 0. The summed E-state index contributed by atoms with van der Waals surface area (Å²) in [6, 6.07) is 2.51. The summed E-state index contributed by atoms with van der Waals surface area (Å²) in [6.07, 6.45) is -15.0. The van der Waals surface area contributed by atoms with Gasteiger partial charge in [-0.2, -0.15) is 0 Å². The van der Waals surface area contributed by atoms with E-state index in [1.54, 1.807) is 0 Å². The van der Waals surface area contributed by atoms with Crippen molar-refractivity contribution in [1.82, 2.24) is 0 Å². The van der Waals surface area contributed by atoms with Crippen LogP contribution in [-0.2, 0) is 42.8 Å². The van der Waals surface area contributed by atoms with Crippen molar-refractivity contribution in [2.24, 2.45) is 0 Å². The lowest BCUT2D eigenvalue weighted by Gasteiger charge is -2.43. The number of hydrogen-bond acceptors (Lipinski definition) is 25. The first kappa shape index (κ1) is 47.6. The Bertz CT molecular complexity index is 2950. The average molecular weight is 969 g/mol. The molecule has 0 aromatic heterocycles. The van der Waals surface area contributed by atoms with Gasteiger partial charge in [0.1, 0.15) is 12.7 Å². The second-order valence-corrected chi connectivity index (χ2v) is 15.1. The van der Waals surface area contributed by atoms with Crippen LogP contribution < -0.4 is 0 Å². The summed E-state index contributed by atoms with van der Waals surface area (Å²) in [5, 5.41) is 147. The molecule has 0 spiro atoms. The number of aliphatic hydroxyl groups excluding tert-OH is 1. The van der Waals surface area contributed by atoms with Gasteiger partial charge in [0.05, 0.1) is 33.7 Å². The van der Waals surface area contributed by atoms with Gasteiger partial charge in [-0.3, -0.25) is 0 Å². The van der Waals surface area contributed by atoms with E-state index in [-0.39, 0.29) is 6.08 Å². The molecule has 0 aliphatic carbocycles. The number of hydrogen-bond donors (Lipinski definition) is 14. The maximum atomic E-state index is 14.5. The van der Waals surface area contributed by atoms with Gasteiger partial charge in [0, 0.05) is 17.2 Å². The highest BCUT2D eigenvalue weighted by Gasteiger charge is 2.54. The summed E-state index contributed by atoms with van der Waals surface area (Å²) < 4.78 is 32.4. The largest absolute Gasteiger partial charge is 0.504 e. The number of esters is 5. The molecule has 0 saturated carbocycles.